The lowest BCUT2D eigenvalue weighted by Crippen LogP contribution is -2.09. The van der Waals surface area contributed by atoms with Crippen LogP contribution in [0.25, 0.3) is 16.6 Å². The SMILES string of the molecule is COc1ccc(CNc2nc3cc(OC)c(F)cc3c3ncnn23)c(OC)c1. The average molecular weight is 383 g/mol. The van der Waals surface area contributed by atoms with Gasteiger partial charge in [-0.25, -0.2) is 14.4 Å². The van der Waals surface area contributed by atoms with Crippen LogP contribution in [0.1, 0.15) is 5.56 Å². The highest BCUT2D eigenvalue weighted by Crippen LogP contribution is 2.28. The van der Waals surface area contributed by atoms with Crippen LogP contribution in [-0.4, -0.2) is 40.9 Å². The number of nitrogens with one attached hydrogen (secondary N) is 1. The molecule has 0 aliphatic rings. The van der Waals surface area contributed by atoms with Crippen molar-refractivity contribution < 1.29 is 18.6 Å². The van der Waals surface area contributed by atoms with Crippen molar-refractivity contribution in [2.75, 3.05) is 26.6 Å². The van der Waals surface area contributed by atoms with E-state index in [4.69, 9.17) is 14.2 Å². The minimum atomic E-state index is -0.481. The molecule has 0 radical (unpaired) electrons. The third kappa shape index (κ3) is 3.00. The topological polar surface area (TPSA) is 82.8 Å². The van der Waals surface area contributed by atoms with Gasteiger partial charge in [-0.1, -0.05) is 0 Å². The first-order valence-corrected chi connectivity index (χ1v) is 8.46. The Kier molecular flexibility index (Phi) is 4.56. The largest absolute Gasteiger partial charge is 0.497 e. The summed E-state index contributed by atoms with van der Waals surface area (Å²) in [5, 5.41) is 7.98. The molecule has 144 valence electrons. The Hall–Kier alpha value is -3.62. The van der Waals surface area contributed by atoms with Gasteiger partial charge in [0.05, 0.1) is 26.8 Å². The molecule has 9 heteroatoms. The van der Waals surface area contributed by atoms with Gasteiger partial charge < -0.3 is 19.5 Å². The minimum absolute atomic E-state index is 0.117. The van der Waals surface area contributed by atoms with Crippen LogP contribution in [0, 0.1) is 5.82 Å². The maximum Gasteiger partial charge on any atom is 0.226 e. The summed E-state index contributed by atoms with van der Waals surface area (Å²) in [5.74, 6) is 1.49. The van der Waals surface area contributed by atoms with Crippen molar-refractivity contribution in [3.05, 3.63) is 48.0 Å². The Balaban J connectivity index is 1.74. The first-order valence-electron chi connectivity index (χ1n) is 8.46. The number of aromatic nitrogens is 4. The van der Waals surface area contributed by atoms with E-state index in [1.54, 1.807) is 20.3 Å². The summed E-state index contributed by atoms with van der Waals surface area (Å²) < 4.78 is 31.4. The zero-order chi connectivity index (χ0) is 19.7. The zero-order valence-electron chi connectivity index (χ0n) is 15.6. The lowest BCUT2D eigenvalue weighted by atomic mass is 10.2. The highest BCUT2D eigenvalue weighted by molar-refractivity contribution is 5.93. The molecule has 0 fully saturated rings. The van der Waals surface area contributed by atoms with E-state index < -0.39 is 5.82 Å². The normalized spacial score (nSPS) is 11.0. The molecule has 0 unspecified atom stereocenters. The number of hydrogen-bond acceptors (Lipinski definition) is 7. The Bertz CT molecular complexity index is 1160. The highest BCUT2D eigenvalue weighted by atomic mass is 19.1. The number of anilines is 1. The van der Waals surface area contributed by atoms with Crippen LogP contribution >= 0.6 is 0 Å². The molecule has 28 heavy (non-hydrogen) atoms. The fourth-order valence-corrected chi connectivity index (χ4v) is 3.00. The fraction of sp³-hybridized carbons (Fsp3) is 0.211. The van der Waals surface area contributed by atoms with Gasteiger partial charge in [0.15, 0.2) is 17.2 Å². The van der Waals surface area contributed by atoms with E-state index in [1.165, 1.54) is 24.0 Å². The standard InChI is InChI=1S/C19H18FN5O3/c1-26-12-5-4-11(16(6-12)27-2)9-21-19-24-15-8-17(28-3)14(20)7-13(15)18-22-10-23-25(18)19/h4-8,10H,9H2,1-3H3,(H,21,24). The van der Waals surface area contributed by atoms with Crippen molar-refractivity contribution >= 4 is 22.5 Å². The summed E-state index contributed by atoms with van der Waals surface area (Å²) in [4.78, 5) is 8.81. The van der Waals surface area contributed by atoms with Gasteiger partial charge in [-0.3, -0.25) is 0 Å². The Morgan fingerprint density at radius 1 is 1.04 bits per heavy atom. The van der Waals surface area contributed by atoms with Gasteiger partial charge >= 0.3 is 0 Å². The molecule has 2 aromatic carbocycles. The lowest BCUT2D eigenvalue weighted by Gasteiger charge is -2.13. The molecule has 0 spiro atoms. The first kappa shape index (κ1) is 17.8. The fourth-order valence-electron chi connectivity index (χ4n) is 3.00. The van der Waals surface area contributed by atoms with E-state index >= 15 is 0 Å². The number of hydrogen-bond donors (Lipinski definition) is 1. The summed E-state index contributed by atoms with van der Waals surface area (Å²) in [6, 6.07) is 8.46. The third-order valence-corrected chi connectivity index (χ3v) is 4.42. The molecular weight excluding hydrogens is 365 g/mol. The van der Waals surface area contributed by atoms with E-state index in [2.05, 4.69) is 20.4 Å². The molecule has 0 saturated heterocycles. The van der Waals surface area contributed by atoms with Crippen molar-refractivity contribution in [1.82, 2.24) is 19.6 Å². The molecule has 0 aliphatic carbocycles. The van der Waals surface area contributed by atoms with E-state index in [0.717, 1.165) is 5.56 Å². The van der Waals surface area contributed by atoms with Crippen LogP contribution in [-0.2, 0) is 6.54 Å². The molecule has 0 bridgehead atoms. The number of methoxy groups -OCH3 is 3. The maximum atomic E-state index is 14.1. The van der Waals surface area contributed by atoms with Crippen LogP contribution in [0.4, 0.5) is 10.3 Å². The molecule has 8 nitrogen and oxygen atoms in total. The monoisotopic (exact) mass is 383 g/mol. The summed E-state index contributed by atoms with van der Waals surface area (Å²) in [5.41, 5.74) is 1.95. The van der Waals surface area contributed by atoms with E-state index in [9.17, 15) is 4.39 Å². The molecule has 0 atom stereocenters. The van der Waals surface area contributed by atoms with Gasteiger partial charge in [0, 0.05) is 29.6 Å². The molecular formula is C19H18FN5O3. The first-order chi connectivity index (χ1) is 13.6. The van der Waals surface area contributed by atoms with E-state index in [-0.39, 0.29) is 5.75 Å². The number of ether oxygens (including phenoxy) is 3. The van der Waals surface area contributed by atoms with Gasteiger partial charge in [0.2, 0.25) is 5.95 Å². The average Bonchev–Trinajstić information content (AvgIpc) is 3.22. The molecule has 0 amide bonds. The van der Waals surface area contributed by atoms with Gasteiger partial charge in [-0.15, -0.1) is 0 Å². The Morgan fingerprint density at radius 2 is 1.86 bits per heavy atom. The number of rotatable bonds is 6. The van der Waals surface area contributed by atoms with Crippen molar-refractivity contribution in [2.45, 2.75) is 6.54 Å². The van der Waals surface area contributed by atoms with Gasteiger partial charge in [-0.05, 0) is 18.2 Å². The Morgan fingerprint density at radius 3 is 2.61 bits per heavy atom. The molecule has 1 N–H and O–H groups in total. The molecule has 0 aliphatic heterocycles. The highest BCUT2D eigenvalue weighted by Gasteiger charge is 2.15. The number of benzene rings is 2. The Labute approximate surface area is 159 Å². The second-order valence-corrected chi connectivity index (χ2v) is 5.97. The van der Waals surface area contributed by atoms with Crippen LogP contribution in [0.3, 0.4) is 0 Å². The van der Waals surface area contributed by atoms with Crippen LogP contribution in [0.5, 0.6) is 17.2 Å². The zero-order valence-corrected chi connectivity index (χ0v) is 15.6. The van der Waals surface area contributed by atoms with Gasteiger partial charge in [0.25, 0.3) is 0 Å². The van der Waals surface area contributed by atoms with Crippen LogP contribution in [0.2, 0.25) is 0 Å². The predicted molar refractivity (Wildman–Crippen MR) is 102 cm³/mol. The second kappa shape index (κ2) is 7.18. The molecule has 2 aromatic heterocycles. The number of halogens is 1. The van der Waals surface area contributed by atoms with E-state index in [0.29, 0.717) is 40.5 Å². The summed E-state index contributed by atoms with van der Waals surface area (Å²) in [6.45, 7) is 0.430. The summed E-state index contributed by atoms with van der Waals surface area (Å²) in [7, 11) is 4.61. The molecule has 4 aromatic rings. The second-order valence-electron chi connectivity index (χ2n) is 5.97. The van der Waals surface area contributed by atoms with Gasteiger partial charge in [-0.2, -0.15) is 9.61 Å². The van der Waals surface area contributed by atoms with E-state index in [1.807, 2.05) is 18.2 Å². The molecule has 4 rings (SSSR count). The smallest absolute Gasteiger partial charge is 0.226 e. The summed E-state index contributed by atoms with van der Waals surface area (Å²) >= 11 is 0. The van der Waals surface area contributed by atoms with Crippen molar-refractivity contribution in [1.29, 1.82) is 0 Å². The maximum absolute atomic E-state index is 14.1. The van der Waals surface area contributed by atoms with Gasteiger partial charge in [0.1, 0.15) is 17.8 Å². The number of fused-ring (bicyclic) bond motifs is 3. The summed E-state index contributed by atoms with van der Waals surface area (Å²) in [6.07, 6.45) is 1.40. The lowest BCUT2D eigenvalue weighted by molar-refractivity contribution is 0.387. The molecule has 0 saturated carbocycles. The van der Waals surface area contributed by atoms with Crippen LogP contribution in [0.15, 0.2) is 36.7 Å². The minimum Gasteiger partial charge on any atom is -0.497 e. The quantitative estimate of drug-likeness (QED) is 0.548. The third-order valence-electron chi connectivity index (χ3n) is 4.42. The van der Waals surface area contributed by atoms with Crippen LogP contribution < -0.4 is 19.5 Å². The van der Waals surface area contributed by atoms with Crippen molar-refractivity contribution in [3.8, 4) is 17.2 Å². The van der Waals surface area contributed by atoms with Crippen molar-refractivity contribution in [2.24, 2.45) is 0 Å². The molecule has 2 heterocycles. The van der Waals surface area contributed by atoms with Crippen molar-refractivity contribution in [3.63, 3.8) is 0 Å². The number of nitrogens with zero attached hydrogens (tertiary/aromatic N) is 4. The predicted octanol–water partition coefficient (Wildman–Crippen LogP) is 3.05.